The summed E-state index contributed by atoms with van der Waals surface area (Å²) < 4.78 is 21.4. The summed E-state index contributed by atoms with van der Waals surface area (Å²) in [4.78, 5) is 57.2. The van der Waals surface area contributed by atoms with Gasteiger partial charge in [0.15, 0.2) is 0 Å². The third kappa shape index (κ3) is 6.53. The second-order valence-corrected chi connectivity index (χ2v) is 11.5. The lowest BCUT2D eigenvalue weighted by atomic mass is 9.80. The summed E-state index contributed by atoms with van der Waals surface area (Å²) in [6, 6.07) is 13.5. The van der Waals surface area contributed by atoms with Gasteiger partial charge >= 0.3 is 12.2 Å². The number of imide groups is 2. The number of methoxy groups -OCH3 is 2. The minimum absolute atomic E-state index is 0.0655. The molecule has 0 saturated carbocycles. The molecule has 0 aliphatic carbocycles. The molecule has 226 valence electrons. The van der Waals surface area contributed by atoms with E-state index in [1.807, 2.05) is 52.0 Å². The first-order valence-electron chi connectivity index (χ1n) is 14.3. The third-order valence-electron chi connectivity index (χ3n) is 8.13. The van der Waals surface area contributed by atoms with Crippen LogP contribution in [0.5, 0.6) is 11.5 Å². The van der Waals surface area contributed by atoms with Crippen LogP contribution in [0.1, 0.15) is 38.8 Å². The zero-order chi connectivity index (χ0) is 30.6. The molecule has 2 fully saturated rings. The highest BCUT2D eigenvalue weighted by Gasteiger charge is 2.49. The summed E-state index contributed by atoms with van der Waals surface area (Å²) in [5, 5.41) is 0. The van der Waals surface area contributed by atoms with E-state index in [1.54, 1.807) is 38.5 Å². The number of cyclic esters (lactones) is 2. The molecule has 2 aromatic rings. The minimum Gasteiger partial charge on any atom is -0.497 e. The average Bonchev–Trinajstić information content (AvgIpc) is 3.57. The Labute approximate surface area is 246 Å². The van der Waals surface area contributed by atoms with Crippen molar-refractivity contribution < 1.29 is 38.1 Å². The number of ether oxygens (including phenoxy) is 4. The van der Waals surface area contributed by atoms with Crippen LogP contribution in [0.15, 0.2) is 48.5 Å². The van der Waals surface area contributed by atoms with Crippen molar-refractivity contribution in [3.05, 3.63) is 59.7 Å². The quantitative estimate of drug-likeness (QED) is 0.375. The Balaban J connectivity index is 1.84. The maximum atomic E-state index is 14.5. The van der Waals surface area contributed by atoms with Crippen molar-refractivity contribution in [1.82, 2.24) is 9.80 Å². The lowest BCUT2D eigenvalue weighted by molar-refractivity contribution is -0.145. The zero-order valence-corrected chi connectivity index (χ0v) is 25.1. The predicted molar refractivity (Wildman–Crippen MR) is 154 cm³/mol. The molecule has 10 heteroatoms. The van der Waals surface area contributed by atoms with Crippen molar-refractivity contribution in [2.75, 3.05) is 27.4 Å². The van der Waals surface area contributed by atoms with E-state index >= 15 is 0 Å². The standard InChI is InChI=1S/C32H40N2O8/c1-19(2)27-17-41-31(37)33(27)29(35)25(15-21-9-7-11-23(13-21)39-5)26(16-22-10-8-12-24(14-22)40-6)30(36)34-28(20(3)4)18-42-32(34)38/h7-14,19-20,25-28H,15-18H2,1-6H3/t25-,26+,27-,28-/m1/s1. The monoisotopic (exact) mass is 580 g/mol. The molecule has 0 radical (unpaired) electrons. The molecule has 0 unspecified atom stereocenters. The molecular weight excluding hydrogens is 540 g/mol. The molecule has 4 rings (SSSR count). The SMILES string of the molecule is COc1cccc(C[C@H](C(=O)N2C(=O)OC[C@@H]2C(C)C)[C@@H](Cc2cccc(OC)c2)C(=O)N2C(=O)OC[C@@H]2C(C)C)c1. The van der Waals surface area contributed by atoms with Crippen LogP contribution in [0.25, 0.3) is 0 Å². The van der Waals surface area contributed by atoms with Crippen molar-refractivity contribution in [1.29, 1.82) is 0 Å². The number of hydrogen-bond acceptors (Lipinski definition) is 8. The van der Waals surface area contributed by atoms with Crippen molar-refractivity contribution in [3.8, 4) is 11.5 Å². The molecule has 0 bridgehead atoms. The maximum Gasteiger partial charge on any atom is 0.416 e. The van der Waals surface area contributed by atoms with E-state index in [-0.39, 0.29) is 37.9 Å². The number of rotatable bonds is 11. The largest absolute Gasteiger partial charge is 0.497 e. The van der Waals surface area contributed by atoms with E-state index in [2.05, 4.69) is 0 Å². The van der Waals surface area contributed by atoms with Gasteiger partial charge in [0.25, 0.3) is 0 Å². The number of carbonyl (C=O) groups is 4. The van der Waals surface area contributed by atoms with Gasteiger partial charge in [0.1, 0.15) is 24.7 Å². The van der Waals surface area contributed by atoms with Gasteiger partial charge in [-0.25, -0.2) is 19.4 Å². The molecule has 2 aliphatic rings. The van der Waals surface area contributed by atoms with Crippen molar-refractivity contribution in [2.24, 2.45) is 23.7 Å². The first kappa shape index (κ1) is 30.9. The number of nitrogens with zero attached hydrogens (tertiary/aromatic N) is 2. The van der Waals surface area contributed by atoms with Gasteiger partial charge in [-0.2, -0.15) is 0 Å². The van der Waals surface area contributed by atoms with E-state index in [0.29, 0.717) is 11.5 Å². The van der Waals surface area contributed by atoms with Crippen LogP contribution in [0.3, 0.4) is 0 Å². The highest BCUT2D eigenvalue weighted by Crippen LogP contribution is 2.33. The van der Waals surface area contributed by atoms with Crippen LogP contribution in [0.4, 0.5) is 9.59 Å². The maximum absolute atomic E-state index is 14.5. The van der Waals surface area contributed by atoms with Crippen LogP contribution in [0, 0.1) is 23.7 Å². The summed E-state index contributed by atoms with van der Waals surface area (Å²) in [7, 11) is 3.10. The predicted octanol–water partition coefficient (Wildman–Crippen LogP) is 4.73. The smallest absolute Gasteiger partial charge is 0.416 e. The second-order valence-electron chi connectivity index (χ2n) is 11.5. The van der Waals surface area contributed by atoms with E-state index in [1.165, 1.54) is 0 Å². The Bertz CT molecular complexity index is 1210. The van der Waals surface area contributed by atoms with E-state index in [9.17, 15) is 19.2 Å². The molecular formula is C32H40N2O8. The molecule has 4 atom stereocenters. The Kier molecular flexibility index (Phi) is 9.75. The third-order valence-corrected chi connectivity index (χ3v) is 8.13. The molecule has 10 nitrogen and oxygen atoms in total. The van der Waals surface area contributed by atoms with Crippen molar-refractivity contribution in [3.63, 3.8) is 0 Å². The molecule has 0 spiro atoms. The highest BCUT2D eigenvalue weighted by molar-refractivity contribution is 6.00. The number of benzene rings is 2. The molecule has 2 aromatic carbocycles. The number of hydrogen-bond donors (Lipinski definition) is 0. The number of carbonyl (C=O) groups excluding carboxylic acids is 4. The van der Waals surface area contributed by atoms with Gasteiger partial charge in [-0.15, -0.1) is 0 Å². The van der Waals surface area contributed by atoms with Crippen LogP contribution < -0.4 is 9.47 Å². The van der Waals surface area contributed by atoms with Crippen molar-refractivity contribution in [2.45, 2.75) is 52.6 Å². The van der Waals surface area contributed by atoms with Gasteiger partial charge < -0.3 is 18.9 Å². The number of amides is 4. The second kappa shape index (κ2) is 13.3. The lowest BCUT2D eigenvalue weighted by Crippen LogP contribution is -2.52. The van der Waals surface area contributed by atoms with Crippen LogP contribution in [-0.4, -0.2) is 73.3 Å². The summed E-state index contributed by atoms with van der Waals surface area (Å²) in [6.45, 7) is 7.81. The molecule has 4 amide bonds. The summed E-state index contributed by atoms with van der Waals surface area (Å²) in [6.07, 6.45) is -1.22. The van der Waals surface area contributed by atoms with E-state index in [0.717, 1.165) is 20.9 Å². The fourth-order valence-electron chi connectivity index (χ4n) is 5.63. The molecule has 0 N–H and O–H groups in total. The van der Waals surface area contributed by atoms with Crippen LogP contribution >= 0.6 is 0 Å². The van der Waals surface area contributed by atoms with Gasteiger partial charge in [-0.3, -0.25) is 9.59 Å². The van der Waals surface area contributed by atoms with E-state index in [4.69, 9.17) is 18.9 Å². The Morgan fingerprint density at radius 2 is 1.12 bits per heavy atom. The summed E-state index contributed by atoms with van der Waals surface area (Å²) in [5.74, 6) is -2.00. The van der Waals surface area contributed by atoms with Crippen LogP contribution in [0.2, 0.25) is 0 Å². The minimum atomic E-state index is -1.01. The zero-order valence-electron chi connectivity index (χ0n) is 25.1. The molecule has 42 heavy (non-hydrogen) atoms. The molecule has 2 saturated heterocycles. The fourth-order valence-corrected chi connectivity index (χ4v) is 5.63. The Morgan fingerprint density at radius 3 is 1.45 bits per heavy atom. The van der Waals surface area contributed by atoms with Gasteiger partial charge in [0.2, 0.25) is 11.8 Å². The first-order chi connectivity index (χ1) is 20.0. The summed E-state index contributed by atoms with van der Waals surface area (Å²) >= 11 is 0. The molecule has 2 aliphatic heterocycles. The Hall–Kier alpha value is -4.08. The van der Waals surface area contributed by atoms with Crippen LogP contribution in [-0.2, 0) is 31.9 Å². The van der Waals surface area contributed by atoms with Crippen molar-refractivity contribution >= 4 is 24.0 Å². The van der Waals surface area contributed by atoms with Gasteiger partial charge in [-0.1, -0.05) is 52.0 Å². The van der Waals surface area contributed by atoms with Gasteiger partial charge in [0.05, 0.1) is 38.1 Å². The summed E-state index contributed by atoms with van der Waals surface area (Å²) in [5.41, 5.74) is 1.49. The highest BCUT2D eigenvalue weighted by atomic mass is 16.6. The molecule has 0 aromatic heterocycles. The normalized spacial score (nSPS) is 20.0. The Morgan fingerprint density at radius 1 is 0.738 bits per heavy atom. The molecule has 2 heterocycles. The van der Waals surface area contributed by atoms with Gasteiger partial charge in [-0.05, 0) is 60.1 Å². The fraction of sp³-hybridized carbons (Fsp3) is 0.500. The topological polar surface area (TPSA) is 112 Å². The average molecular weight is 581 g/mol. The van der Waals surface area contributed by atoms with E-state index < -0.39 is 47.9 Å². The van der Waals surface area contributed by atoms with Gasteiger partial charge in [0, 0.05) is 0 Å². The first-order valence-corrected chi connectivity index (χ1v) is 14.3. The lowest BCUT2D eigenvalue weighted by Gasteiger charge is -2.34.